The molecule has 106 heavy (non-hydrogen) atoms. The molecule has 0 fully saturated rings. The first-order chi connectivity index (χ1) is 52.4. The van der Waals surface area contributed by atoms with Crippen molar-refractivity contribution in [2.24, 2.45) is 0 Å². The predicted octanol–water partition coefficient (Wildman–Crippen LogP) is 23.0. The van der Waals surface area contributed by atoms with Crippen molar-refractivity contribution in [3.63, 3.8) is 0 Å². The van der Waals surface area contributed by atoms with E-state index in [1.165, 1.54) is 0 Å². The summed E-state index contributed by atoms with van der Waals surface area (Å²) < 4.78 is 38.9. The average molecular weight is 1370 g/mol. The predicted molar refractivity (Wildman–Crippen MR) is 425 cm³/mol. The van der Waals surface area contributed by atoms with Gasteiger partial charge >= 0.3 is 0 Å². The van der Waals surface area contributed by atoms with Gasteiger partial charge in [0, 0.05) is 39.3 Å². The lowest BCUT2D eigenvalue weighted by molar-refractivity contribution is 0.370. The van der Waals surface area contributed by atoms with Crippen molar-refractivity contribution in [2.45, 2.75) is 42.9 Å². The molecule has 3 heterocycles. The topological polar surface area (TPSA) is 55.4 Å². The van der Waals surface area contributed by atoms with Crippen molar-refractivity contribution in [1.82, 2.24) is 0 Å². The highest BCUT2D eigenvalue weighted by Crippen LogP contribution is 2.60. The third-order valence-corrected chi connectivity index (χ3v) is 21.6. The smallest absolute Gasteiger partial charge is 0.149 e. The molecule has 0 atom stereocenters. The van der Waals surface area contributed by atoms with Crippen LogP contribution in [0.2, 0.25) is 0 Å². The second kappa shape index (κ2) is 27.1. The molecule has 0 radical (unpaired) electrons. The van der Waals surface area contributed by atoms with E-state index in [0.717, 1.165) is 168 Å². The third-order valence-electron chi connectivity index (χ3n) is 21.6. The molecule has 18 rings (SSSR count). The van der Waals surface area contributed by atoms with E-state index < -0.39 is 16.2 Å². The van der Waals surface area contributed by atoms with Crippen LogP contribution in [-0.2, 0) is 16.2 Å². The Kier molecular flexibility index (Phi) is 16.5. The monoisotopic (exact) mass is 1370 g/mol. The molecule has 0 saturated carbocycles. The number of ether oxygens (including phenoxy) is 6. The zero-order chi connectivity index (χ0) is 71.2. The maximum atomic E-state index is 6.88. The van der Waals surface area contributed by atoms with Crippen LogP contribution in [0.1, 0.15) is 110 Å². The SMILES string of the molecule is CC#CCOc1ccc2cc(C3(c4ccc(C(c5ccc(C6(c7ccc8cc(OCC#CC)ccc8c7)c7ccccc7Oc7ccccc76)cc5)c5ccc(C6(c7ccc8cc(OCC#CC)ccc8c7)c7ccccc7Oc7ccccc76)cc5)cc4)c4ccccc4Oc4ccccc43)ccc2c1. The molecule has 3 aliphatic rings. The van der Waals surface area contributed by atoms with Crippen molar-refractivity contribution in [3.8, 4) is 87.3 Å². The maximum absolute atomic E-state index is 6.88. The van der Waals surface area contributed by atoms with E-state index in [4.69, 9.17) is 28.4 Å². The van der Waals surface area contributed by atoms with Crippen LogP contribution >= 0.6 is 0 Å². The zero-order valence-electron chi connectivity index (χ0n) is 58.8. The van der Waals surface area contributed by atoms with Gasteiger partial charge in [-0.2, -0.15) is 0 Å². The summed E-state index contributed by atoms with van der Waals surface area (Å²) in [5.41, 5.74) is 14.0. The van der Waals surface area contributed by atoms with Gasteiger partial charge in [-0.3, -0.25) is 0 Å². The molecule has 6 nitrogen and oxygen atoms in total. The summed E-state index contributed by atoms with van der Waals surface area (Å²) in [6.07, 6.45) is 0. The van der Waals surface area contributed by atoms with Gasteiger partial charge in [-0.15, -0.1) is 17.8 Å². The molecule has 15 aromatic carbocycles. The first-order valence-electron chi connectivity index (χ1n) is 36.0. The summed E-state index contributed by atoms with van der Waals surface area (Å²) in [6, 6.07) is 119. The average Bonchev–Trinajstić information content (AvgIpc) is 0.717. The highest BCUT2D eigenvalue weighted by atomic mass is 16.5. The molecule has 0 aliphatic carbocycles. The quantitative estimate of drug-likeness (QED) is 0.0753. The van der Waals surface area contributed by atoms with Gasteiger partial charge < -0.3 is 28.4 Å². The number of hydrogen-bond acceptors (Lipinski definition) is 6. The van der Waals surface area contributed by atoms with Crippen LogP contribution in [0.5, 0.6) is 51.7 Å². The Morgan fingerprint density at radius 1 is 0.245 bits per heavy atom. The molecule has 15 aromatic rings. The van der Waals surface area contributed by atoms with Crippen molar-refractivity contribution < 1.29 is 28.4 Å². The third kappa shape index (κ3) is 10.8. The Balaban J connectivity index is 0.829. The molecular weight excluding hydrogens is 1300 g/mol. The molecule has 0 spiro atoms. The van der Waals surface area contributed by atoms with Gasteiger partial charge in [0.15, 0.2) is 0 Å². The first-order valence-corrected chi connectivity index (χ1v) is 36.0. The van der Waals surface area contributed by atoms with Crippen molar-refractivity contribution in [3.05, 3.63) is 411 Å². The van der Waals surface area contributed by atoms with Gasteiger partial charge in [0.25, 0.3) is 0 Å². The van der Waals surface area contributed by atoms with Gasteiger partial charge in [0.05, 0.1) is 16.2 Å². The van der Waals surface area contributed by atoms with E-state index in [0.29, 0.717) is 19.8 Å². The summed E-state index contributed by atoms with van der Waals surface area (Å²) in [6.45, 7) is 6.47. The number of hydrogen-bond donors (Lipinski definition) is 0. The fourth-order valence-corrected chi connectivity index (χ4v) is 16.9. The second-order valence-corrected chi connectivity index (χ2v) is 27.1. The maximum Gasteiger partial charge on any atom is 0.149 e. The lowest BCUT2D eigenvalue weighted by Gasteiger charge is -2.42. The van der Waals surface area contributed by atoms with Crippen molar-refractivity contribution >= 4 is 32.3 Å². The van der Waals surface area contributed by atoms with Crippen molar-refractivity contribution in [2.75, 3.05) is 19.8 Å². The summed E-state index contributed by atoms with van der Waals surface area (Å²) in [7, 11) is 0. The van der Waals surface area contributed by atoms with Crippen LogP contribution in [-0.4, -0.2) is 19.8 Å². The summed E-state index contributed by atoms with van der Waals surface area (Å²) >= 11 is 0. The summed E-state index contributed by atoms with van der Waals surface area (Å²) in [4.78, 5) is 0. The minimum absolute atomic E-state index is 0.265. The molecular formula is C100H70O6. The number of rotatable bonds is 15. The molecule has 0 aromatic heterocycles. The zero-order valence-corrected chi connectivity index (χ0v) is 58.8. The van der Waals surface area contributed by atoms with E-state index in [-0.39, 0.29) is 5.92 Å². The highest BCUT2D eigenvalue weighted by molar-refractivity contribution is 5.89. The lowest BCUT2D eigenvalue weighted by atomic mass is 9.63. The van der Waals surface area contributed by atoms with Crippen LogP contribution in [0.15, 0.2) is 328 Å². The van der Waals surface area contributed by atoms with Crippen LogP contribution in [0.3, 0.4) is 0 Å². The Morgan fingerprint density at radius 2 is 0.462 bits per heavy atom. The van der Waals surface area contributed by atoms with Crippen molar-refractivity contribution in [1.29, 1.82) is 0 Å². The fraction of sp³-hybridized carbons (Fsp3) is 0.100. The van der Waals surface area contributed by atoms with Crippen LogP contribution in [0.4, 0.5) is 0 Å². The molecule has 0 unspecified atom stereocenters. The molecule has 0 saturated heterocycles. The van der Waals surface area contributed by atoms with E-state index in [1.54, 1.807) is 0 Å². The Hall–Kier alpha value is -13.4. The molecule has 506 valence electrons. The van der Waals surface area contributed by atoms with Crippen LogP contribution in [0.25, 0.3) is 32.3 Å². The summed E-state index contributed by atoms with van der Waals surface area (Å²) in [5, 5.41) is 6.50. The largest absolute Gasteiger partial charge is 0.481 e. The molecule has 3 aliphatic heterocycles. The molecule has 0 bridgehead atoms. The van der Waals surface area contributed by atoms with Crippen LogP contribution < -0.4 is 28.4 Å². The van der Waals surface area contributed by atoms with Crippen LogP contribution in [0, 0.1) is 35.5 Å². The van der Waals surface area contributed by atoms with E-state index in [1.807, 2.05) is 39.0 Å². The number of fused-ring (bicyclic) bond motifs is 9. The van der Waals surface area contributed by atoms with E-state index in [2.05, 4.69) is 345 Å². The molecule has 0 N–H and O–H groups in total. The molecule has 6 heteroatoms. The van der Waals surface area contributed by atoms with Gasteiger partial charge in [-0.25, -0.2) is 0 Å². The number of para-hydroxylation sites is 6. The Bertz CT molecular complexity index is 5410. The minimum Gasteiger partial charge on any atom is -0.481 e. The van der Waals surface area contributed by atoms with Gasteiger partial charge in [0.1, 0.15) is 71.6 Å². The Labute approximate surface area is 618 Å². The van der Waals surface area contributed by atoms with Gasteiger partial charge in [-0.1, -0.05) is 254 Å². The van der Waals surface area contributed by atoms with E-state index >= 15 is 0 Å². The highest BCUT2D eigenvalue weighted by Gasteiger charge is 2.49. The standard InChI is InChI=1S/C100H70O6/c1-4-7-58-101-82-55-43-70-61-79(52-40-73(70)64-82)98(85-22-10-16-28-91(85)104-92-29-17-11-23-86(92)98)76-46-34-67(35-47-76)97(68-36-48-77(49-37-68)99(87-24-12-18-30-93(87)105-94-31-19-13-25-88(94)99)80-53-41-74-65-83(102-59-8-5-2)56-44-71(74)62-80)69-38-50-78(51-39-69)100(89-26-14-20-32-95(89)106-96-33-21-15-27-90(96)100)81-54-42-75-66-84(103-60-9-6-3)57-45-72(75)63-81/h10-57,61-66,97H,58-60H2,1-3H3. The first kappa shape index (κ1) is 64.6. The van der Waals surface area contributed by atoms with Gasteiger partial charge in [-0.05, 0) is 194 Å². The van der Waals surface area contributed by atoms with E-state index in [9.17, 15) is 0 Å². The number of benzene rings is 15. The summed E-state index contributed by atoms with van der Waals surface area (Å²) in [5.74, 6) is 24.9. The Morgan fingerprint density at radius 3 is 0.708 bits per heavy atom. The molecule has 0 amide bonds. The minimum atomic E-state index is -0.802. The normalized spacial score (nSPS) is 13.5. The van der Waals surface area contributed by atoms with Gasteiger partial charge in [0.2, 0.25) is 0 Å². The second-order valence-electron chi connectivity index (χ2n) is 27.1. The lowest BCUT2D eigenvalue weighted by Crippen LogP contribution is -2.34. The fourth-order valence-electron chi connectivity index (χ4n) is 16.9.